The standard InChI is InChI=1S/C17H22ClNO2S2/c1-3-5-6-7-8-15(16(20)21-4-2)23-17-19-13-11-12(18)9-10-14(13)22-17/h9-11,15H,3-8H2,1-2H3. The van der Waals surface area contributed by atoms with Crippen LogP contribution in [0.25, 0.3) is 10.2 Å². The molecular weight excluding hydrogens is 350 g/mol. The van der Waals surface area contributed by atoms with Crippen molar-refractivity contribution in [2.75, 3.05) is 6.61 Å². The molecule has 0 bridgehead atoms. The van der Waals surface area contributed by atoms with Gasteiger partial charge in [-0.1, -0.05) is 56.0 Å². The van der Waals surface area contributed by atoms with E-state index >= 15 is 0 Å². The fourth-order valence-corrected chi connectivity index (χ4v) is 4.77. The monoisotopic (exact) mass is 371 g/mol. The number of carbonyl (C=O) groups excluding carboxylic acids is 1. The maximum atomic E-state index is 12.2. The molecule has 0 N–H and O–H groups in total. The van der Waals surface area contributed by atoms with Gasteiger partial charge in [0.15, 0.2) is 4.34 Å². The van der Waals surface area contributed by atoms with E-state index in [0.717, 1.165) is 33.8 Å². The van der Waals surface area contributed by atoms with Gasteiger partial charge in [-0.3, -0.25) is 4.79 Å². The molecule has 0 amide bonds. The highest BCUT2D eigenvalue weighted by molar-refractivity contribution is 8.02. The third-order valence-corrected chi connectivity index (χ3v) is 6.05. The number of aromatic nitrogens is 1. The Balaban J connectivity index is 2.06. The number of hydrogen-bond acceptors (Lipinski definition) is 5. The van der Waals surface area contributed by atoms with Crippen molar-refractivity contribution < 1.29 is 9.53 Å². The lowest BCUT2D eigenvalue weighted by atomic mass is 10.1. The van der Waals surface area contributed by atoms with Crippen molar-refractivity contribution in [2.45, 2.75) is 55.5 Å². The predicted molar refractivity (Wildman–Crippen MR) is 99.7 cm³/mol. The number of ether oxygens (including phenoxy) is 1. The highest BCUT2D eigenvalue weighted by atomic mass is 35.5. The number of unbranched alkanes of at least 4 members (excludes halogenated alkanes) is 3. The summed E-state index contributed by atoms with van der Waals surface area (Å²) in [6.07, 6.45) is 5.43. The van der Waals surface area contributed by atoms with Gasteiger partial charge in [-0.2, -0.15) is 0 Å². The van der Waals surface area contributed by atoms with E-state index < -0.39 is 0 Å². The molecule has 1 aromatic heterocycles. The van der Waals surface area contributed by atoms with Gasteiger partial charge in [0.05, 0.1) is 16.8 Å². The zero-order valence-corrected chi connectivity index (χ0v) is 15.9. The highest BCUT2D eigenvalue weighted by Gasteiger charge is 2.22. The first-order valence-electron chi connectivity index (χ1n) is 8.03. The van der Waals surface area contributed by atoms with Gasteiger partial charge in [0, 0.05) is 5.02 Å². The predicted octanol–water partition coefficient (Wildman–Crippen LogP) is 5.94. The van der Waals surface area contributed by atoms with E-state index in [0.29, 0.717) is 11.6 Å². The van der Waals surface area contributed by atoms with Crippen LogP contribution in [0.3, 0.4) is 0 Å². The Bertz CT molecular complexity index is 645. The number of thioether (sulfide) groups is 1. The van der Waals surface area contributed by atoms with Gasteiger partial charge in [-0.05, 0) is 31.5 Å². The summed E-state index contributed by atoms with van der Waals surface area (Å²) in [6, 6.07) is 5.70. The van der Waals surface area contributed by atoms with Crippen LogP contribution in [0.15, 0.2) is 22.5 Å². The Morgan fingerprint density at radius 3 is 2.91 bits per heavy atom. The van der Waals surface area contributed by atoms with Gasteiger partial charge in [0.2, 0.25) is 0 Å². The number of hydrogen-bond donors (Lipinski definition) is 0. The number of rotatable bonds is 9. The molecule has 0 aliphatic carbocycles. The van der Waals surface area contributed by atoms with Crippen LogP contribution in [0.5, 0.6) is 0 Å². The topological polar surface area (TPSA) is 39.2 Å². The number of thiazole rings is 1. The van der Waals surface area contributed by atoms with Crippen LogP contribution < -0.4 is 0 Å². The molecule has 0 aliphatic rings. The Kier molecular flexibility index (Phi) is 7.66. The SMILES string of the molecule is CCCCCCC(Sc1nc2cc(Cl)ccc2s1)C(=O)OCC. The first-order valence-corrected chi connectivity index (χ1v) is 10.1. The van der Waals surface area contributed by atoms with E-state index in [1.807, 2.05) is 25.1 Å². The maximum Gasteiger partial charge on any atom is 0.319 e. The average Bonchev–Trinajstić information content (AvgIpc) is 2.92. The Labute approximate surface area is 150 Å². The number of halogens is 1. The summed E-state index contributed by atoms with van der Waals surface area (Å²) in [5.74, 6) is -0.133. The molecule has 6 heteroatoms. The van der Waals surface area contributed by atoms with Crippen molar-refractivity contribution in [3.05, 3.63) is 23.2 Å². The highest BCUT2D eigenvalue weighted by Crippen LogP contribution is 2.35. The molecule has 1 aromatic carbocycles. The first-order chi connectivity index (χ1) is 11.1. The molecule has 0 saturated heterocycles. The Hall–Kier alpha value is -0.780. The molecule has 0 radical (unpaired) electrons. The quantitative estimate of drug-likeness (QED) is 0.310. The second kappa shape index (κ2) is 9.50. The van der Waals surface area contributed by atoms with Crippen molar-refractivity contribution in [3.63, 3.8) is 0 Å². The zero-order chi connectivity index (χ0) is 16.7. The normalized spacial score (nSPS) is 12.5. The van der Waals surface area contributed by atoms with Gasteiger partial charge in [-0.25, -0.2) is 4.98 Å². The van der Waals surface area contributed by atoms with Gasteiger partial charge < -0.3 is 4.74 Å². The summed E-state index contributed by atoms with van der Waals surface area (Å²) in [5, 5.41) is 0.503. The van der Waals surface area contributed by atoms with Crippen molar-refractivity contribution >= 4 is 50.9 Å². The van der Waals surface area contributed by atoms with E-state index in [4.69, 9.17) is 16.3 Å². The molecule has 1 atom stereocenters. The van der Waals surface area contributed by atoms with Crippen LogP contribution in [-0.4, -0.2) is 22.8 Å². The van der Waals surface area contributed by atoms with Crippen molar-refractivity contribution in [1.29, 1.82) is 0 Å². The Morgan fingerprint density at radius 1 is 1.35 bits per heavy atom. The zero-order valence-electron chi connectivity index (χ0n) is 13.5. The summed E-state index contributed by atoms with van der Waals surface area (Å²) in [6.45, 7) is 4.44. The maximum absolute atomic E-state index is 12.2. The molecule has 0 spiro atoms. The van der Waals surface area contributed by atoms with Gasteiger partial charge >= 0.3 is 5.97 Å². The number of carbonyl (C=O) groups is 1. The largest absolute Gasteiger partial charge is 0.465 e. The minimum Gasteiger partial charge on any atom is -0.465 e. The summed E-state index contributed by atoms with van der Waals surface area (Å²) < 4.78 is 7.21. The lowest BCUT2D eigenvalue weighted by Crippen LogP contribution is -2.20. The van der Waals surface area contributed by atoms with Crippen molar-refractivity contribution in [1.82, 2.24) is 4.98 Å². The average molecular weight is 372 g/mol. The van der Waals surface area contributed by atoms with Crippen molar-refractivity contribution in [2.24, 2.45) is 0 Å². The number of fused-ring (bicyclic) bond motifs is 1. The van der Waals surface area contributed by atoms with Crippen LogP contribution in [0, 0.1) is 0 Å². The van der Waals surface area contributed by atoms with Gasteiger partial charge in [0.25, 0.3) is 0 Å². The van der Waals surface area contributed by atoms with Crippen LogP contribution in [0.1, 0.15) is 46.0 Å². The first kappa shape index (κ1) is 18.6. The minimum atomic E-state index is -0.178. The van der Waals surface area contributed by atoms with E-state index in [1.165, 1.54) is 24.6 Å². The summed E-state index contributed by atoms with van der Waals surface area (Å²) in [7, 11) is 0. The number of benzene rings is 1. The second-order valence-electron chi connectivity index (χ2n) is 5.30. The van der Waals surface area contributed by atoms with E-state index in [-0.39, 0.29) is 11.2 Å². The molecule has 2 aromatic rings. The molecule has 1 heterocycles. The molecule has 2 rings (SSSR count). The van der Waals surface area contributed by atoms with Gasteiger partial charge in [0.1, 0.15) is 5.25 Å². The molecule has 3 nitrogen and oxygen atoms in total. The van der Waals surface area contributed by atoms with E-state index in [1.54, 1.807) is 11.3 Å². The lowest BCUT2D eigenvalue weighted by Gasteiger charge is -2.13. The van der Waals surface area contributed by atoms with Crippen LogP contribution in [-0.2, 0) is 9.53 Å². The molecule has 0 fully saturated rings. The molecule has 0 aliphatic heterocycles. The second-order valence-corrected chi connectivity index (χ2v) is 8.22. The molecule has 23 heavy (non-hydrogen) atoms. The molecule has 0 saturated carbocycles. The number of nitrogens with zero attached hydrogens (tertiary/aromatic N) is 1. The third kappa shape index (κ3) is 5.66. The molecular formula is C17H22ClNO2S2. The number of esters is 1. The van der Waals surface area contributed by atoms with Gasteiger partial charge in [-0.15, -0.1) is 11.3 Å². The summed E-state index contributed by atoms with van der Waals surface area (Å²) >= 11 is 9.12. The lowest BCUT2D eigenvalue weighted by molar-refractivity contribution is -0.142. The Morgan fingerprint density at radius 2 is 2.17 bits per heavy atom. The molecule has 126 valence electrons. The summed E-state index contributed by atoms with van der Waals surface area (Å²) in [5.41, 5.74) is 0.888. The summed E-state index contributed by atoms with van der Waals surface area (Å²) in [4.78, 5) is 16.8. The fourth-order valence-electron chi connectivity index (χ4n) is 2.27. The third-order valence-electron chi connectivity index (χ3n) is 3.44. The fraction of sp³-hybridized carbons (Fsp3) is 0.529. The van der Waals surface area contributed by atoms with E-state index in [2.05, 4.69) is 11.9 Å². The van der Waals surface area contributed by atoms with Crippen molar-refractivity contribution in [3.8, 4) is 0 Å². The van der Waals surface area contributed by atoms with E-state index in [9.17, 15) is 4.79 Å². The minimum absolute atomic E-state index is 0.133. The smallest absolute Gasteiger partial charge is 0.319 e. The van der Waals surface area contributed by atoms with Crippen LogP contribution >= 0.6 is 34.7 Å². The molecule has 1 unspecified atom stereocenters. The van der Waals surface area contributed by atoms with Crippen LogP contribution in [0.4, 0.5) is 0 Å². The van der Waals surface area contributed by atoms with Crippen LogP contribution in [0.2, 0.25) is 5.02 Å².